The number of ether oxygens (including phenoxy) is 1. The highest BCUT2D eigenvalue weighted by molar-refractivity contribution is 7.92. The summed E-state index contributed by atoms with van der Waals surface area (Å²) in [5.41, 5.74) is 0.942. The van der Waals surface area contributed by atoms with E-state index in [1.165, 1.54) is 18.6 Å². The Morgan fingerprint density at radius 2 is 2.10 bits per heavy atom. The molecule has 2 N–H and O–H groups in total. The Hall–Kier alpha value is -2.72. The summed E-state index contributed by atoms with van der Waals surface area (Å²) in [7, 11) is -4.23. The SMILES string of the molecule is O=S(=O)(Nc1ccncn1)c1cc(Cl)c(O[C@H]2CCC[C@@H]2c2ccn[nH]2)cc1F. The van der Waals surface area contributed by atoms with E-state index in [1.807, 2.05) is 6.07 Å². The number of aromatic nitrogens is 4. The fraction of sp³-hybridized carbons (Fsp3) is 0.278. The van der Waals surface area contributed by atoms with Gasteiger partial charge < -0.3 is 4.74 Å². The van der Waals surface area contributed by atoms with Crippen molar-refractivity contribution in [2.24, 2.45) is 0 Å². The van der Waals surface area contributed by atoms with Gasteiger partial charge in [0.2, 0.25) is 0 Å². The van der Waals surface area contributed by atoms with Crippen LogP contribution in [0.25, 0.3) is 0 Å². The highest BCUT2D eigenvalue weighted by atomic mass is 35.5. The largest absolute Gasteiger partial charge is 0.488 e. The second kappa shape index (κ2) is 7.96. The molecule has 0 bridgehead atoms. The van der Waals surface area contributed by atoms with Crippen molar-refractivity contribution in [2.75, 3.05) is 4.72 Å². The zero-order valence-electron chi connectivity index (χ0n) is 15.0. The van der Waals surface area contributed by atoms with Crippen LogP contribution in [0, 0.1) is 5.82 Å². The zero-order valence-corrected chi connectivity index (χ0v) is 16.6. The Bertz CT molecular complexity index is 1100. The van der Waals surface area contributed by atoms with Crippen LogP contribution in [-0.4, -0.2) is 34.7 Å². The van der Waals surface area contributed by atoms with Crippen LogP contribution in [0.3, 0.4) is 0 Å². The molecule has 8 nitrogen and oxygen atoms in total. The Kier molecular flexibility index (Phi) is 5.37. The lowest BCUT2D eigenvalue weighted by Gasteiger charge is -2.21. The number of benzene rings is 1. The number of hydrogen-bond acceptors (Lipinski definition) is 6. The van der Waals surface area contributed by atoms with E-state index in [0.717, 1.165) is 37.1 Å². The predicted molar refractivity (Wildman–Crippen MR) is 104 cm³/mol. The second-order valence-corrected chi connectivity index (χ2v) is 8.68. The minimum Gasteiger partial charge on any atom is -0.488 e. The molecule has 0 saturated heterocycles. The molecule has 0 aliphatic heterocycles. The Morgan fingerprint density at radius 3 is 2.83 bits per heavy atom. The first-order valence-electron chi connectivity index (χ1n) is 8.88. The standard InChI is InChI=1S/C18H17ClFN5O3S/c19-12-8-17(29(26,27)25-18-5-6-21-10-22-18)13(20)9-16(12)28-15-3-1-2-11(15)14-4-7-23-24-14/h4-11,15H,1-3H2,(H,23,24)(H,21,22,25)/t11-,15+/m1/s1. The lowest BCUT2D eigenvalue weighted by molar-refractivity contribution is 0.188. The van der Waals surface area contributed by atoms with Crippen molar-refractivity contribution in [3.8, 4) is 5.75 Å². The van der Waals surface area contributed by atoms with Crippen molar-refractivity contribution in [1.29, 1.82) is 0 Å². The molecule has 4 rings (SSSR count). The quantitative estimate of drug-likeness (QED) is 0.610. The molecule has 1 saturated carbocycles. The molecule has 1 aromatic carbocycles. The monoisotopic (exact) mass is 437 g/mol. The molecule has 29 heavy (non-hydrogen) atoms. The number of rotatable bonds is 6. The minimum absolute atomic E-state index is 0.00437. The van der Waals surface area contributed by atoms with Gasteiger partial charge in [-0.3, -0.25) is 9.82 Å². The third-order valence-corrected chi connectivity index (χ3v) is 6.41. The van der Waals surface area contributed by atoms with Gasteiger partial charge >= 0.3 is 0 Å². The topological polar surface area (TPSA) is 110 Å². The molecule has 0 radical (unpaired) electrons. The van der Waals surface area contributed by atoms with Crippen LogP contribution in [-0.2, 0) is 10.0 Å². The van der Waals surface area contributed by atoms with E-state index in [9.17, 15) is 12.8 Å². The van der Waals surface area contributed by atoms with Crippen LogP contribution in [0.1, 0.15) is 30.9 Å². The second-order valence-electron chi connectivity index (χ2n) is 6.62. The lowest BCUT2D eigenvalue weighted by Crippen LogP contribution is -2.21. The number of halogens is 2. The van der Waals surface area contributed by atoms with E-state index < -0.39 is 20.7 Å². The Morgan fingerprint density at radius 1 is 1.24 bits per heavy atom. The van der Waals surface area contributed by atoms with E-state index in [4.69, 9.17) is 16.3 Å². The molecule has 2 aromatic heterocycles. The number of hydrogen-bond donors (Lipinski definition) is 2. The fourth-order valence-corrected chi connectivity index (χ4v) is 4.78. The number of sulfonamides is 1. The van der Waals surface area contributed by atoms with Gasteiger partial charge in [0.15, 0.2) is 0 Å². The predicted octanol–water partition coefficient (Wildman–Crippen LogP) is 3.51. The van der Waals surface area contributed by atoms with E-state index in [0.29, 0.717) is 0 Å². The molecular weight excluding hydrogens is 421 g/mol. The van der Waals surface area contributed by atoms with Crippen molar-refractivity contribution in [2.45, 2.75) is 36.2 Å². The van der Waals surface area contributed by atoms with Crippen LogP contribution in [0.5, 0.6) is 5.75 Å². The first kappa shape index (κ1) is 19.6. The number of H-pyrrole nitrogens is 1. The van der Waals surface area contributed by atoms with Crippen LogP contribution in [0.4, 0.5) is 10.2 Å². The maximum Gasteiger partial charge on any atom is 0.266 e. The molecule has 2 atom stereocenters. The number of nitrogens with zero attached hydrogens (tertiary/aromatic N) is 3. The van der Waals surface area contributed by atoms with Gasteiger partial charge in [0, 0.05) is 30.1 Å². The number of nitrogens with one attached hydrogen (secondary N) is 2. The van der Waals surface area contributed by atoms with E-state index >= 15 is 0 Å². The minimum atomic E-state index is -4.23. The van der Waals surface area contributed by atoms with Crippen LogP contribution >= 0.6 is 11.6 Å². The molecule has 152 valence electrons. The maximum atomic E-state index is 14.7. The van der Waals surface area contributed by atoms with Gasteiger partial charge in [0.1, 0.15) is 34.7 Å². The summed E-state index contributed by atoms with van der Waals surface area (Å²) in [6, 6.07) is 5.27. The van der Waals surface area contributed by atoms with Gasteiger partial charge in [-0.1, -0.05) is 11.6 Å². The molecular formula is C18H17ClFN5O3S. The van der Waals surface area contributed by atoms with Crippen molar-refractivity contribution < 1.29 is 17.5 Å². The van der Waals surface area contributed by atoms with E-state index in [-0.39, 0.29) is 28.6 Å². The average Bonchev–Trinajstić information content (AvgIpc) is 3.36. The summed E-state index contributed by atoms with van der Waals surface area (Å²) in [4.78, 5) is 6.88. The van der Waals surface area contributed by atoms with Crippen molar-refractivity contribution in [1.82, 2.24) is 20.2 Å². The zero-order chi connectivity index (χ0) is 20.4. The molecule has 0 amide bonds. The van der Waals surface area contributed by atoms with Crippen LogP contribution < -0.4 is 9.46 Å². The normalized spacial score (nSPS) is 19.2. The third kappa shape index (κ3) is 4.18. The molecule has 3 aromatic rings. The van der Waals surface area contributed by atoms with E-state index in [2.05, 4.69) is 24.9 Å². The van der Waals surface area contributed by atoms with Crippen LogP contribution in [0.15, 0.2) is 47.9 Å². The summed E-state index contributed by atoms with van der Waals surface area (Å²) < 4.78 is 47.8. The summed E-state index contributed by atoms with van der Waals surface area (Å²) in [6.45, 7) is 0. The summed E-state index contributed by atoms with van der Waals surface area (Å²) in [6.07, 6.45) is 6.62. The van der Waals surface area contributed by atoms with Gasteiger partial charge in [-0.15, -0.1) is 0 Å². The maximum absolute atomic E-state index is 14.7. The molecule has 2 heterocycles. The van der Waals surface area contributed by atoms with Crippen molar-refractivity contribution in [3.63, 3.8) is 0 Å². The summed E-state index contributed by atoms with van der Waals surface area (Å²) >= 11 is 6.23. The molecule has 0 spiro atoms. The average molecular weight is 438 g/mol. The van der Waals surface area contributed by atoms with Gasteiger partial charge in [0.25, 0.3) is 10.0 Å². The molecule has 1 aliphatic carbocycles. The fourth-order valence-electron chi connectivity index (χ4n) is 3.41. The first-order chi connectivity index (χ1) is 13.9. The van der Waals surface area contributed by atoms with Crippen molar-refractivity contribution >= 4 is 27.4 Å². The van der Waals surface area contributed by atoms with Gasteiger partial charge in [0.05, 0.1) is 5.02 Å². The third-order valence-electron chi connectivity index (χ3n) is 4.75. The van der Waals surface area contributed by atoms with Crippen molar-refractivity contribution in [3.05, 3.63) is 59.5 Å². The molecule has 1 fully saturated rings. The Labute approximate surface area is 171 Å². The molecule has 1 aliphatic rings. The van der Waals surface area contributed by atoms with Gasteiger partial charge in [-0.2, -0.15) is 5.10 Å². The Balaban J connectivity index is 1.57. The highest BCUT2D eigenvalue weighted by Gasteiger charge is 2.32. The number of anilines is 1. The summed E-state index contributed by atoms with van der Waals surface area (Å²) in [5, 5.41) is 6.91. The number of aromatic amines is 1. The lowest BCUT2D eigenvalue weighted by atomic mass is 10.0. The van der Waals surface area contributed by atoms with Gasteiger partial charge in [-0.05, 0) is 37.5 Å². The van der Waals surface area contributed by atoms with Gasteiger partial charge in [-0.25, -0.2) is 22.8 Å². The molecule has 0 unspecified atom stereocenters. The van der Waals surface area contributed by atoms with E-state index in [1.54, 1.807) is 6.20 Å². The summed E-state index contributed by atoms with van der Waals surface area (Å²) in [5.74, 6) is -0.771. The smallest absolute Gasteiger partial charge is 0.266 e. The highest BCUT2D eigenvalue weighted by Crippen LogP contribution is 2.39. The van der Waals surface area contributed by atoms with Crippen LogP contribution in [0.2, 0.25) is 5.02 Å². The first-order valence-corrected chi connectivity index (χ1v) is 10.7. The molecule has 11 heteroatoms.